The molecular formula is C28H29F3N4O4. The second-order valence-electron chi connectivity index (χ2n) is 9.64. The molecule has 1 aromatic heterocycles. The smallest absolute Gasteiger partial charge is 0.321 e. The van der Waals surface area contributed by atoms with E-state index in [-0.39, 0.29) is 42.7 Å². The first-order chi connectivity index (χ1) is 18.6. The van der Waals surface area contributed by atoms with E-state index in [1.54, 1.807) is 25.1 Å². The first-order valence-electron chi connectivity index (χ1n) is 12.4. The van der Waals surface area contributed by atoms with Crippen molar-refractivity contribution in [3.8, 4) is 17.0 Å². The summed E-state index contributed by atoms with van der Waals surface area (Å²) in [6.07, 6.45) is 0.804. The molecule has 4 rings (SSSR count). The van der Waals surface area contributed by atoms with Gasteiger partial charge in [0.05, 0.1) is 24.9 Å². The number of aliphatic hydroxyl groups is 1. The van der Waals surface area contributed by atoms with Crippen LogP contribution in [0, 0.1) is 23.4 Å². The highest BCUT2D eigenvalue weighted by Crippen LogP contribution is 2.30. The second-order valence-corrected chi connectivity index (χ2v) is 9.64. The van der Waals surface area contributed by atoms with E-state index in [4.69, 9.17) is 4.74 Å². The fourth-order valence-corrected chi connectivity index (χ4v) is 4.30. The lowest BCUT2D eigenvalue weighted by atomic mass is 9.99. The summed E-state index contributed by atoms with van der Waals surface area (Å²) in [5.74, 6) is -2.62. The Morgan fingerprint density at radius 2 is 1.92 bits per heavy atom. The van der Waals surface area contributed by atoms with Gasteiger partial charge < -0.3 is 25.0 Å². The molecule has 39 heavy (non-hydrogen) atoms. The summed E-state index contributed by atoms with van der Waals surface area (Å²) in [4.78, 5) is 33.5. The monoisotopic (exact) mass is 542 g/mol. The highest BCUT2D eigenvalue weighted by Gasteiger charge is 2.35. The fraction of sp³-hybridized carbons (Fsp3) is 0.321. The van der Waals surface area contributed by atoms with Gasteiger partial charge in [-0.3, -0.25) is 4.79 Å². The van der Waals surface area contributed by atoms with E-state index in [1.165, 1.54) is 35.2 Å². The maximum Gasteiger partial charge on any atom is 0.321 e. The second kappa shape index (κ2) is 11.7. The first-order valence-corrected chi connectivity index (χ1v) is 12.4. The molecule has 206 valence electrons. The number of ether oxygens (including phenoxy) is 1. The molecule has 3 atom stereocenters. The molecule has 0 unspecified atom stereocenters. The van der Waals surface area contributed by atoms with Gasteiger partial charge in [-0.15, -0.1) is 0 Å². The maximum absolute atomic E-state index is 14.0. The molecule has 8 nitrogen and oxygen atoms in total. The van der Waals surface area contributed by atoms with Gasteiger partial charge in [0, 0.05) is 37.3 Å². The molecule has 3 amide bonds. The van der Waals surface area contributed by atoms with Crippen LogP contribution in [0.3, 0.4) is 0 Å². The van der Waals surface area contributed by atoms with Gasteiger partial charge in [0.25, 0.3) is 5.91 Å². The Kier molecular flexibility index (Phi) is 8.39. The molecule has 0 aliphatic carbocycles. The van der Waals surface area contributed by atoms with Crippen LogP contribution < -0.4 is 10.1 Å². The van der Waals surface area contributed by atoms with Crippen molar-refractivity contribution in [2.75, 3.05) is 32.1 Å². The predicted molar refractivity (Wildman–Crippen MR) is 139 cm³/mol. The van der Waals surface area contributed by atoms with Crippen LogP contribution in [0.15, 0.2) is 54.7 Å². The molecule has 1 aliphatic rings. The topological polar surface area (TPSA) is 95.0 Å². The van der Waals surface area contributed by atoms with Crippen LogP contribution in [0.4, 0.5) is 23.7 Å². The van der Waals surface area contributed by atoms with Crippen LogP contribution in [0.2, 0.25) is 0 Å². The Hall–Kier alpha value is -4.12. The van der Waals surface area contributed by atoms with E-state index in [0.717, 1.165) is 18.2 Å². The number of aromatic nitrogens is 1. The molecule has 11 heteroatoms. The number of fused-ring (bicyclic) bond motifs is 1. The van der Waals surface area contributed by atoms with Crippen LogP contribution in [-0.4, -0.2) is 70.7 Å². The van der Waals surface area contributed by atoms with E-state index in [0.29, 0.717) is 11.1 Å². The number of hydrogen-bond acceptors (Lipinski definition) is 5. The Labute approximate surface area is 224 Å². The van der Waals surface area contributed by atoms with E-state index in [2.05, 4.69) is 10.3 Å². The SMILES string of the molecule is C[C@@H]1CN([C@@H](C)CO)C(=O)c2cc(-c3cccc(F)c3)cnc2O[C@H]1CN(C)C(=O)Nc1cc(F)ccc1F. The maximum atomic E-state index is 14.0. The molecule has 0 spiro atoms. The van der Waals surface area contributed by atoms with E-state index < -0.39 is 41.5 Å². The fourth-order valence-electron chi connectivity index (χ4n) is 4.30. The zero-order chi connectivity index (χ0) is 28.3. The molecule has 0 saturated heterocycles. The highest BCUT2D eigenvalue weighted by atomic mass is 19.1. The molecule has 2 aromatic carbocycles. The van der Waals surface area contributed by atoms with Gasteiger partial charge >= 0.3 is 6.03 Å². The van der Waals surface area contributed by atoms with Gasteiger partial charge in [0.2, 0.25) is 5.88 Å². The Bertz CT molecular complexity index is 1370. The van der Waals surface area contributed by atoms with Crippen molar-refractivity contribution in [2.24, 2.45) is 5.92 Å². The number of hydrogen-bond donors (Lipinski definition) is 2. The molecule has 1 aliphatic heterocycles. The number of benzene rings is 2. The summed E-state index contributed by atoms with van der Waals surface area (Å²) < 4.78 is 47.6. The standard InChI is InChI=1S/C28H29F3N4O4/c1-16-13-35(17(2)15-36)27(37)22-10-19(18-5-4-6-20(29)9-18)12-32-26(22)39-25(16)14-34(3)28(38)33-24-11-21(30)7-8-23(24)31/h4-12,16-17,25,36H,13-15H2,1-3H3,(H,33,38)/t16-,17+,25+/m1/s1. The number of nitrogens with zero attached hydrogens (tertiary/aromatic N) is 3. The van der Waals surface area contributed by atoms with Crippen LogP contribution >= 0.6 is 0 Å². The third-order valence-electron chi connectivity index (χ3n) is 6.65. The third kappa shape index (κ3) is 6.31. The lowest BCUT2D eigenvalue weighted by molar-refractivity contribution is 0.0356. The van der Waals surface area contributed by atoms with Gasteiger partial charge in [-0.2, -0.15) is 0 Å². The molecule has 3 aromatic rings. The van der Waals surface area contributed by atoms with E-state index in [9.17, 15) is 27.9 Å². The van der Waals surface area contributed by atoms with E-state index >= 15 is 0 Å². The third-order valence-corrected chi connectivity index (χ3v) is 6.65. The van der Waals surface area contributed by atoms with E-state index in [1.807, 2.05) is 6.92 Å². The molecule has 0 radical (unpaired) electrons. The average Bonchev–Trinajstić information content (AvgIpc) is 2.91. The summed E-state index contributed by atoms with van der Waals surface area (Å²) in [5.41, 5.74) is 0.847. The number of pyridine rings is 1. The zero-order valence-corrected chi connectivity index (χ0v) is 21.7. The number of carbonyl (C=O) groups is 2. The number of nitrogens with one attached hydrogen (secondary N) is 1. The molecule has 2 heterocycles. The number of carbonyl (C=O) groups excluding carboxylic acids is 2. The van der Waals surface area contributed by atoms with Gasteiger partial charge in [0.15, 0.2) is 0 Å². The van der Waals surface area contributed by atoms with Crippen LogP contribution in [-0.2, 0) is 0 Å². The Morgan fingerprint density at radius 1 is 1.18 bits per heavy atom. The van der Waals surface area contributed by atoms with Crippen molar-refractivity contribution < 1.29 is 32.6 Å². The van der Waals surface area contributed by atoms with Gasteiger partial charge in [-0.25, -0.2) is 22.9 Å². The quantitative estimate of drug-likeness (QED) is 0.477. The van der Waals surface area contributed by atoms with Crippen LogP contribution in [0.1, 0.15) is 24.2 Å². The molecule has 0 saturated carbocycles. The summed E-state index contributed by atoms with van der Waals surface area (Å²) >= 11 is 0. The van der Waals surface area contributed by atoms with Crippen molar-refractivity contribution in [3.63, 3.8) is 0 Å². The summed E-state index contributed by atoms with van der Waals surface area (Å²) in [6, 6.07) is 8.96. The summed E-state index contributed by atoms with van der Waals surface area (Å²) in [6.45, 7) is 3.48. The van der Waals surface area contributed by atoms with Crippen molar-refractivity contribution in [1.29, 1.82) is 0 Å². The number of rotatable bonds is 6. The molecule has 2 N–H and O–H groups in total. The normalized spacial score (nSPS) is 17.9. The minimum Gasteiger partial charge on any atom is -0.472 e. The number of aliphatic hydroxyl groups excluding tert-OH is 1. The molecule has 0 fully saturated rings. The Balaban J connectivity index is 1.63. The number of halogens is 3. The lowest BCUT2D eigenvalue weighted by Gasteiger charge is -2.37. The van der Waals surface area contributed by atoms with Crippen LogP contribution in [0.5, 0.6) is 5.88 Å². The average molecular weight is 543 g/mol. The van der Waals surface area contributed by atoms with Crippen LogP contribution in [0.25, 0.3) is 11.1 Å². The first kappa shape index (κ1) is 27.9. The van der Waals surface area contributed by atoms with Crippen molar-refractivity contribution in [3.05, 3.63) is 77.7 Å². The largest absolute Gasteiger partial charge is 0.472 e. The highest BCUT2D eigenvalue weighted by molar-refractivity contribution is 5.98. The number of likely N-dealkylation sites (N-methyl/N-ethyl adjacent to an activating group) is 1. The zero-order valence-electron chi connectivity index (χ0n) is 21.7. The van der Waals surface area contributed by atoms with Crippen molar-refractivity contribution in [1.82, 2.24) is 14.8 Å². The predicted octanol–water partition coefficient (Wildman–Crippen LogP) is 4.55. The number of urea groups is 1. The van der Waals surface area contributed by atoms with Gasteiger partial charge in [-0.05, 0) is 42.8 Å². The van der Waals surface area contributed by atoms with Gasteiger partial charge in [-0.1, -0.05) is 19.1 Å². The Morgan fingerprint density at radius 3 is 2.64 bits per heavy atom. The molecular weight excluding hydrogens is 513 g/mol. The van der Waals surface area contributed by atoms with Gasteiger partial charge in [0.1, 0.15) is 29.1 Å². The van der Waals surface area contributed by atoms with Crippen molar-refractivity contribution >= 4 is 17.6 Å². The number of anilines is 1. The van der Waals surface area contributed by atoms with Crippen molar-refractivity contribution in [2.45, 2.75) is 26.0 Å². The molecule has 0 bridgehead atoms. The summed E-state index contributed by atoms with van der Waals surface area (Å²) in [5, 5.41) is 12.2. The number of amides is 3. The lowest BCUT2D eigenvalue weighted by Crippen LogP contribution is -2.50. The minimum absolute atomic E-state index is 0.0201. The summed E-state index contributed by atoms with van der Waals surface area (Å²) in [7, 11) is 1.47. The minimum atomic E-state index is -0.784.